The van der Waals surface area contributed by atoms with Crippen LogP contribution in [0.3, 0.4) is 0 Å². The van der Waals surface area contributed by atoms with Crippen molar-refractivity contribution in [2.75, 3.05) is 18.4 Å². The van der Waals surface area contributed by atoms with E-state index in [4.69, 9.17) is 23.2 Å². The third kappa shape index (κ3) is 5.17. The van der Waals surface area contributed by atoms with Gasteiger partial charge < -0.3 is 10.2 Å². The number of aryl methyl sites for hydroxylation is 1. The number of nitrogens with zero attached hydrogens (tertiary/aromatic N) is 4. The van der Waals surface area contributed by atoms with E-state index in [1.165, 1.54) is 4.90 Å². The van der Waals surface area contributed by atoms with Gasteiger partial charge in [0.15, 0.2) is 5.65 Å². The van der Waals surface area contributed by atoms with Gasteiger partial charge in [-0.25, -0.2) is 9.67 Å². The van der Waals surface area contributed by atoms with Crippen LogP contribution < -0.4 is 5.32 Å². The van der Waals surface area contributed by atoms with Gasteiger partial charge >= 0.3 is 0 Å². The van der Waals surface area contributed by atoms with E-state index < -0.39 is 0 Å². The van der Waals surface area contributed by atoms with E-state index in [9.17, 15) is 9.59 Å². The Kier molecular flexibility index (Phi) is 7.18. The summed E-state index contributed by atoms with van der Waals surface area (Å²) in [6, 6.07) is 6.77. The zero-order chi connectivity index (χ0) is 22.7. The molecule has 0 saturated carbocycles. The summed E-state index contributed by atoms with van der Waals surface area (Å²) in [5, 5.41) is 8.71. The minimum atomic E-state index is -0.342. The highest BCUT2D eigenvalue weighted by Crippen LogP contribution is 2.25. The fraction of sp³-hybridized carbons (Fsp3) is 0.364. The third-order valence-electron chi connectivity index (χ3n) is 4.80. The summed E-state index contributed by atoms with van der Waals surface area (Å²) in [5.41, 5.74) is 2.24. The summed E-state index contributed by atoms with van der Waals surface area (Å²) in [5.74, 6) is -0.589. The molecule has 2 heterocycles. The predicted octanol–water partition coefficient (Wildman–Crippen LogP) is 5.12. The zero-order valence-corrected chi connectivity index (χ0v) is 19.5. The lowest BCUT2D eigenvalue weighted by Gasteiger charge is -2.22. The van der Waals surface area contributed by atoms with Crippen LogP contribution in [0.25, 0.3) is 11.0 Å². The molecule has 0 spiro atoms. The second-order valence-electron chi connectivity index (χ2n) is 7.62. The predicted molar refractivity (Wildman–Crippen MR) is 124 cm³/mol. The Hall–Kier alpha value is -2.64. The number of aromatic nitrogens is 3. The van der Waals surface area contributed by atoms with Crippen LogP contribution in [0, 0.1) is 6.92 Å². The molecule has 0 radical (unpaired) electrons. The van der Waals surface area contributed by atoms with Gasteiger partial charge in [-0.3, -0.25) is 9.59 Å². The zero-order valence-electron chi connectivity index (χ0n) is 17.9. The maximum atomic E-state index is 13.3. The quantitative estimate of drug-likeness (QED) is 0.529. The van der Waals surface area contributed by atoms with Crippen molar-refractivity contribution in [3.05, 3.63) is 51.8 Å². The lowest BCUT2D eigenvalue weighted by atomic mass is 10.1. The molecule has 2 aromatic heterocycles. The van der Waals surface area contributed by atoms with Crippen LogP contribution in [-0.2, 0) is 4.79 Å². The first-order valence-corrected chi connectivity index (χ1v) is 10.9. The number of fused-ring (bicyclic) bond motifs is 1. The maximum Gasteiger partial charge on any atom is 0.256 e. The Morgan fingerprint density at radius 2 is 1.97 bits per heavy atom. The van der Waals surface area contributed by atoms with Crippen molar-refractivity contribution >= 4 is 51.7 Å². The Labute approximate surface area is 191 Å². The molecule has 0 fully saturated rings. The van der Waals surface area contributed by atoms with Crippen LogP contribution in [0.1, 0.15) is 49.3 Å². The molecule has 9 heteroatoms. The molecule has 0 bridgehead atoms. The van der Waals surface area contributed by atoms with Crippen molar-refractivity contribution in [3.63, 3.8) is 0 Å². The average molecular weight is 462 g/mol. The number of amides is 2. The third-order valence-corrected chi connectivity index (χ3v) is 5.35. The molecule has 0 aliphatic carbocycles. The van der Waals surface area contributed by atoms with Crippen LogP contribution in [0.15, 0.2) is 30.5 Å². The van der Waals surface area contributed by atoms with Gasteiger partial charge in [0.2, 0.25) is 5.91 Å². The van der Waals surface area contributed by atoms with Crippen molar-refractivity contribution in [3.8, 4) is 0 Å². The van der Waals surface area contributed by atoms with Gasteiger partial charge in [-0.05, 0) is 51.5 Å². The fourth-order valence-electron chi connectivity index (χ4n) is 3.31. The van der Waals surface area contributed by atoms with Crippen molar-refractivity contribution in [1.29, 1.82) is 0 Å². The lowest BCUT2D eigenvalue weighted by molar-refractivity contribution is -0.116. The molecule has 1 N–H and O–H groups in total. The van der Waals surface area contributed by atoms with E-state index in [-0.39, 0.29) is 24.4 Å². The molecule has 0 aliphatic rings. The second-order valence-corrected chi connectivity index (χ2v) is 8.46. The number of hydrogen-bond donors (Lipinski definition) is 1. The van der Waals surface area contributed by atoms with Crippen LogP contribution in [0.2, 0.25) is 10.0 Å². The van der Waals surface area contributed by atoms with Gasteiger partial charge in [0.1, 0.15) is 6.54 Å². The highest BCUT2D eigenvalue weighted by Gasteiger charge is 2.22. The number of benzene rings is 1. The molecule has 0 saturated heterocycles. The molecule has 7 nitrogen and oxygen atoms in total. The van der Waals surface area contributed by atoms with Crippen molar-refractivity contribution < 1.29 is 9.59 Å². The monoisotopic (exact) mass is 461 g/mol. The molecule has 164 valence electrons. The van der Waals surface area contributed by atoms with Crippen LogP contribution in [0.5, 0.6) is 0 Å². The van der Waals surface area contributed by atoms with Gasteiger partial charge in [-0.2, -0.15) is 5.10 Å². The molecule has 0 unspecified atom stereocenters. The SMILES string of the molecule is CCCN(CC(=O)Nc1ccc(Cl)cc1Cl)C(=O)c1cc2cnn(C(C)C)c2nc1C. The van der Waals surface area contributed by atoms with Gasteiger partial charge in [0.25, 0.3) is 5.91 Å². The van der Waals surface area contributed by atoms with E-state index in [1.807, 2.05) is 25.5 Å². The normalized spacial score (nSPS) is 11.2. The van der Waals surface area contributed by atoms with E-state index in [1.54, 1.807) is 37.4 Å². The molecular weight excluding hydrogens is 437 g/mol. The van der Waals surface area contributed by atoms with Gasteiger partial charge in [-0.1, -0.05) is 30.1 Å². The highest BCUT2D eigenvalue weighted by atomic mass is 35.5. The standard InChI is InChI=1S/C22H25Cl2N5O2/c1-5-8-28(12-20(30)27-19-7-6-16(23)10-18(19)24)22(31)17-9-15-11-25-29(13(2)3)21(15)26-14(17)4/h6-7,9-11,13H,5,8,12H2,1-4H3,(H,27,30). The van der Waals surface area contributed by atoms with E-state index >= 15 is 0 Å². The van der Waals surface area contributed by atoms with E-state index in [0.29, 0.717) is 40.0 Å². The van der Waals surface area contributed by atoms with Crippen LogP contribution in [0.4, 0.5) is 5.69 Å². The minimum Gasteiger partial charge on any atom is -0.329 e. The molecule has 31 heavy (non-hydrogen) atoms. The number of carbonyl (C=O) groups is 2. The number of pyridine rings is 1. The van der Waals surface area contributed by atoms with Crippen molar-refractivity contribution in [1.82, 2.24) is 19.7 Å². The molecule has 3 rings (SSSR count). The number of anilines is 1. The number of halogens is 2. The molecule has 1 aromatic carbocycles. The molecular formula is C22H25Cl2N5O2. The number of carbonyl (C=O) groups excluding carboxylic acids is 2. The Morgan fingerprint density at radius 1 is 1.23 bits per heavy atom. The molecule has 3 aromatic rings. The van der Waals surface area contributed by atoms with Crippen molar-refractivity contribution in [2.45, 2.75) is 40.2 Å². The van der Waals surface area contributed by atoms with Crippen molar-refractivity contribution in [2.24, 2.45) is 0 Å². The highest BCUT2D eigenvalue weighted by molar-refractivity contribution is 6.36. The van der Waals surface area contributed by atoms with Gasteiger partial charge in [0, 0.05) is 23.0 Å². The Morgan fingerprint density at radius 3 is 2.61 bits per heavy atom. The summed E-state index contributed by atoms with van der Waals surface area (Å²) >= 11 is 12.0. The van der Waals surface area contributed by atoms with Crippen LogP contribution >= 0.6 is 23.2 Å². The molecule has 0 atom stereocenters. The summed E-state index contributed by atoms with van der Waals surface area (Å²) in [7, 11) is 0. The average Bonchev–Trinajstić information content (AvgIpc) is 3.11. The smallest absolute Gasteiger partial charge is 0.256 e. The number of nitrogens with one attached hydrogen (secondary N) is 1. The first-order valence-electron chi connectivity index (χ1n) is 10.1. The van der Waals surface area contributed by atoms with E-state index in [2.05, 4.69) is 15.4 Å². The van der Waals surface area contributed by atoms with Crippen LogP contribution in [-0.4, -0.2) is 44.6 Å². The summed E-state index contributed by atoms with van der Waals surface area (Å²) in [6.45, 7) is 8.13. The van der Waals surface area contributed by atoms with Gasteiger partial charge in [-0.15, -0.1) is 0 Å². The van der Waals surface area contributed by atoms with E-state index in [0.717, 1.165) is 11.0 Å². The first-order chi connectivity index (χ1) is 14.7. The topological polar surface area (TPSA) is 80.1 Å². The summed E-state index contributed by atoms with van der Waals surface area (Å²) < 4.78 is 1.82. The lowest BCUT2D eigenvalue weighted by Crippen LogP contribution is -2.39. The fourth-order valence-corrected chi connectivity index (χ4v) is 3.76. The first kappa shape index (κ1) is 23.0. The summed E-state index contributed by atoms with van der Waals surface area (Å²) in [4.78, 5) is 32.0. The number of hydrogen-bond acceptors (Lipinski definition) is 4. The molecule has 2 amide bonds. The Balaban J connectivity index is 1.82. The summed E-state index contributed by atoms with van der Waals surface area (Å²) in [6.07, 6.45) is 2.42. The second kappa shape index (κ2) is 9.66. The number of rotatable bonds is 7. The van der Waals surface area contributed by atoms with Gasteiger partial charge in [0.05, 0.1) is 28.2 Å². The largest absolute Gasteiger partial charge is 0.329 e. The Bertz CT molecular complexity index is 1130. The minimum absolute atomic E-state index is 0.103. The maximum absolute atomic E-state index is 13.3. The molecule has 0 aliphatic heterocycles.